The highest BCUT2D eigenvalue weighted by Gasteiger charge is 2.15. The molecule has 0 radical (unpaired) electrons. The monoisotopic (exact) mass is 374 g/mol. The first kappa shape index (κ1) is 12.8. The average molecular weight is 375 g/mol. The Morgan fingerprint density at radius 2 is 1.29 bits per heavy atom. The predicted octanol–water partition coefficient (Wildman–Crippen LogP) is 7.00. The minimum Gasteiger partial charge on any atom is -0.505 e. The SMILES string of the molecule is CCc1c2sssssc2c(O)c2sssc12. The van der Waals surface area contributed by atoms with E-state index >= 15 is 0 Å². The highest BCUT2D eigenvalue weighted by molar-refractivity contribution is 8.15. The quantitative estimate of drug-likeness (QED) is 0.454. The van der Waals surface area contributed by atoms with Crippen LogP contribution in [0.2, 0.25) is 0 Å². The molecule has 0 fully saturated rings. The summed E-state index contributed by atoms with van der Waals surface area (Å²) in [6.07, 6.45) is 1.03. The molecule has 0 unspecified atom stereocenters. The Labute approximate surface area is 126 Å². The van der Waals surface area contributed by atoms with Crippen molar-refractivity contribution in [1.29, 1.82) is 0 Å². The third kappa shape index (κ3) is 2.20. The van der Waals surface area contributed by atoms with Crippen molar-refractivity contribution in [3.8, 4) is 5.75 Å². The zero-order valence-corrected chi connectivity index (χ0v) is 15.0. The average Bonchev–Trinajstić information content (AvgIpc) is 2.68. The van der Waals surface area contributed by atoms with Gasteiger partial charge in [-0.3, -0.25) is 0 Å². The Morgan fingerprint density at radius 1 is 0.765 bits per heavy atom. The van der Waals surface area contributed by atoms with Gasteiger partial charge in [0.1, 0.15) is 9.40 Å². The second-order valence-electron chi connectivity index (χ2n) is 3.10. The number of rotatable bonds is 1. The lowest BCUT2D eigenvalue weighted by Crippen LogP contribution is -1.81. The largest absolute Gasteiger partial charge is 0.505 e. The zero-order chi connectivity index (χ0) is 11.8. The number of fused-ring (bicyclic) bond motifs is 2. The molecule has 92 valence electrons. The van der Waals surface area contributed by atoms with Gasteiger partial charge >= 0.3 is 0 Å². The van der Waals surface area contributed by atoms with Crippen molar-refractivity contribution in [3.05, 3.63) is 5.56 Å². The molecule has 0 aliphatic rings. The van der Waals surface area contributed by atoms with Crippen molar-refractivity contribution in [2.75, 3.05) is 0 Å². The Morgan fingerprint density at radius 3 is 1.94 bits per heavy atom. The Balaban J connectivity index is 2.65. The number of aryl methyl sites for hydroxylation is 1. The van der Waals surface area contributed by atoms with Crippen LogP contribution in [0.15, 0.2) is 0 Å². The molecule has 0 aliphatic heterocycles. The number of phenols is 1. The fourth-order valence-corrected chi connectivity index (χ4v) is 15.6. The van der Waals surface area contributed by atoms with Gasteiger partial charge in [0, 0.05) is 0 Å². The van der Waals surface area contributed by atoms with E-state index in [1.165, 1.54) is 15.0 Å². The summed E-state index contributed by atoms with van der Waals surface area (Å²) < 4.78 is 4.68. The molecular formula is C8H6OS8. The third-order valence-corrected chi connectivity index (χ3v) is 14.9. The Bertz CT molecular complexity index is 714. The summed E-state index contributed by atoms with van der Waals surface area (Å²) in [5.41, 5.74) is 1.41. The molecule has 3 aromatic rings. The Kier molecular flexibility index (Phi) is 4.08. The number of benzene rings is 1. The fourth-order valence-electron chi connectivity index (χ4n) is 1.54. The van der Waals surface area contributed by atoms with E-state index in [9.17, 15) is 5.11 Å². The van der Waals surface area contributed by atoms with Gasteiger partial charge in [-0.2, -0.15) is 0 Å². The Hall–Kier alpha value is 0.780. The maximum atomic E-state index is 10.4. The van der Waals surface area contributed by atoms with Crippen molar-refractivity contribution < 1.29 is 5.11 Å². The van der Waals surface area contributed by atoms with Crippen LogP contribution in [-0.2, 0) is 6.42 Å². The minimum atomic E-state index is 0.489. The summed E-state index contributed by atoms with van der Waals surface area (Å²) in [5, 5.41) is 10.4. The second kappa shape index (κ2) is 5.41. The maximum Gasteiger partial charge on any atom is 0.154 e. The fraction of sp³-hybridized carbons (Fsp3) is 0.250. The third-order valence-electron chi connectivity index (χ3n) is 2.27. The van der Waals surface area contributed by atoms with Crippen molar-refractivity contribution in [2.24, 2.45) is 0 Å². The summed E-state index contributed by atoms with van der Waals surface area (Å²) in [5.74, 6) is 0.489. The van der Waals surface area contributed by atoms with Gasteiger partial charge in [-0.05, 0) is 49.4 Å². The molecule has 0 saturated heterocycles. The number of aromatic hydroxyl groups is 1. The van der Waals surface area contributed by atoms with Gasteiger partial charge in [0.2, 0.25) is 0 Å². The predicted molar refractivity (Wildman–Crippen MR) is 90.8 cm³/mol. The molecule has 1 aromatic carbocycles. The van der Waals surface area contributed by atoms with Gasteiger partial charge < -0.3 is 5.11 Å². The van der Waals surface area contributed by atoms with E-state index in [-0.39, 0.29) is 0 Å². The molecule has 2 heterocycles. The summed E-state index contributed by atoms with van der Waals surface area (Å²) in [7, 11) is 14.0. The molecule has 1 nitrogen and oxygen atoms in total. The normalized spacial score (nSPS) is 11.1. The van der Waals surface area contributed by atoms with Crippen LogP contribution in [0.25, 0.3) is 18.8 Å². The maximum absolute atomic E-state index is 10.4. The first-order valence-corrected chi connectivity index (χ1v) is 14.2. The molecule has 0 bridgehead atoms. The number of hydrogen-bond donors (Lipinski definition) is 1. The molecule has 3 rings (SSSR count). The van der Waals surface area contributed by atoms with E-state index in [4.69, 9.17) is 0 Å². The van der Waals surface area contributed by atoms with E-state index in [1.807, 2.05) is 0 Å². The molecule has 17 heavy (non-hydrogen) atoms. The van der Waals surface area contributed by atoms with Crippen molar-refractivity contribution in [2.45, 2.75) is 13.3 Å². The van der Waals surface area contributed by atoms with Crippen molar-refractivity contribution in [1.82, 2.24) is 0 Å². The van der Waals surface area contributed by atoms with Gasteiger partial charge in [0.25, 0.3) is 0 Å². The van der Waals surface area contributed by atoms with Crippen LogP contribution >= 0.6 is 78.7 Å². The minimum absolute atomic E-state index is 0.489. The van der Waals surface area contributed by atoms with Gasteiger partial charge in [-0.1, -0.05) is 48.3 Å². The second-order valence-corrected chi connectivity index (χ2v) is 14.5. The molecular weight excluding hydrogens is 369 g/mol. The molecule has 0 spiro atoms. The first-order chi connectivity index (χ1) is 8.33. The van der Waals surface area contributed by atoms with Crippen LogP contribution in [0, 0.1) is 0 Å². The zero-order valence-electron chi connectivity index (χ0n) is 8.42. The first-order valence-electron chi connectivity index (χ1n) is 4.60. The van der Waals surface area contributed by atoms with Crippen LogP contribution in [0.3, 0.4) is 0 Å². The van der Waals surface area contributed by atoms with Gasteiger partial charge in [-0.25, -0.2) is 0 Å². The molecule has 0 amide bonds. The number of hydrogen-bond acceptors (Lipinski definition) is 9. The summed E-state index contributed by atoms with van der Waals surface area (Å²) in [6, 6.07) is 0. The summed E-state index contributed by atoms with van der Waals surface area (Å²) >= 11 is 0. The number of phenolic OH excluding ortho intramolecular Hbond substituents is 1. The molecule has 0 aliphatic carbocycles. The van der Waals surface area contributed by atoms with E-state index in [2.05, 4.69) is 6.92 Å². The highest BCUT2D eigenvalue weighted by atomic mass is 33.5. The van der Waals surface area contributed by atoms with Crippen LogP contribution < -0.4 is 0 Å². The van der Waals surface area contributed by atoms with Crippen LogP contribution in [0.5, 0.6) is 5.75 Å². The molecule has 0 atom stereocenters. The molecule has 2 aromatic heterocycles. The standard InChI is InChI=1S/C8H6OS8/c1-2-3-5-7(12-14-10-5)4(9)8-6(3)11-15-17-16-13-8/h9H,2H2,1H3. The van der Waals surface area contributed by atoms with E-state index in [0.717, 1.165) is 15.8 Å². The molecule has 0 saturated carbocycles. The highest BCUT2D eigenvalue weighted by Crippen LogP contribution is 2.48. The van der Waals surface area contributed by atoms with E-state index < -0.39 is 0 Å². The summed E-state index contributed by atoms with van der Waals surface area (Å²) in [4.78, 5) is 0. The van der Waals surface area contributed by atoms with Gasteiger partial charge in [-0.15, -0.1) is 0 Å². The van der Waals surface area contributed by atoms with Crippen molar-refractivity contribution >= 4 is 97.5 Å². The molecule has 9 heteroatoms. The topological polar surface area (TPSA) is 20.2 Å². The van der Waals surface area contributed by atoms with E-state index in [0.29, 0.717) is 5.75 Å². The summed E-state index contributed by atoms with van der Waals surface area (Å²) in [6.45, 7) is 2.20. The van der Waals surface area contributed by atoms with Crippen LogP contribution in [0.1, 0.15) is 12.5 Å². The lowest BCUT2D eigenvalue weighted by Gasteiger charge is -2.03. The lowest BCUT2D eigenvalue weighted by atomic mass is 10.1. The van der Waals surface area contributed by atoms with Gasteiger partial charge in [0.15, 0.2) is 5.75 Å². The van der Waals surface area contributed by atoms with Crippen molar-refractivity contribution in [3.63, 3.8) is 0 Å². The smallest absolute Gasteiger partial charge is 0.154 e. The lowest BCUT2D eigenvalue weighted by molar-refractivity contribution is 0.489. The van der Waals surface area contributed by atoms with Gasteiger partial charge in [0.05, 0.1) is 9.40 Å². The van der Waals surface area contributed by atoms with E-state index in [1.54, 1.807) is 78.7 Å². The molecule has 1 N–H and O–H groups in total. The van der Waals surface area contributed by atoms with Crippen LogP contribution in [-0.4, -0.2) is 5.11 Å². The van der Waals surface area contributed by atoms with Crippen LogP contribution in [0.4, 0.5) is 0 Å².